The lowest BCUT2D eigenvalue weighted by atomic mass is 9.79. The van der Waals surface area contributed by atoms with Gasteiger partial charge in [-0.05, 0) is 142 Å². The Balaban J connectivity index is 0.000000248. The summed E-state index contributed by atoms with van der Waals surface area (Å²) >= 11 is 11.4. The van der Waals surface area contributed by atoms with E-state index in [1.54, 1.807) is 48.5 Å². The van der Waals surface area contributed by atoms with Gasteiger partial charge in [0.1, 0.15) is 51.6 Å². The van der Waals surface area contributed by atoms with Crippen molar-refractivity contribution in [3.05, 3.63) is 188 Å². The Labute approximate surface area is 388 Å². The van der Waals surface area contributed by atoms with Crippen molar-refractivity contribution < 1.29 is 50.0 Å². The first kappa shape index (κ1) is 52.9. The number of hydrogen-bond acceptors (Lipinski definition) is 6. The van der Waals surface area contributed by atoms with Gasteiger partial charge in [0.05, 0.1) is 11.2 Å². The van der Waals surface area contributed by atoms with Crippen LogP contribution >= 0.6 is 43.5 Å². The first-order valence-electron chi connectivity index (χ1n) is 18.5. The van der Waals surface area contributed by atoms with E-state index in [-0.39, 0.29) is 7.43 Å². The van der Waals surface area contributed by atoms with Crippen molar-refractivity contribution in [2.24, 2.45) is 0 Å². The number of carbonyl (C=O) groups excluding carboxylic acids is 3. The SMILES string of the molecule is C.CC1(C)OB(c2ccc(NC(=O)c3c(F)cccc3F)cc2)OC1(C)C.Nc1ccc(Br)cc1.O=C(Cl)c1c(F)cccc1F.O=C(Nc1ccc(Br)cc1)c1c(F)cccc1F. The van der Waals surface area contributed by atoms with Gasteiger partial charge in [-0.15, -0.1) is 0 Å². The molecule has 18 heteroatoms. The zero-order valence-corrected chi connectivity index (χ0v) is 37.6. The molecule has 1 saturated heterocycles. The van der Waals surface area contributed by atoms with E-state index in [1.165, 1.54) is 12.1 Å². The van der Waals surface area contributed by atoms with E-state index in [9.17, 15) is 40.7 Å². The molecule has 1 fully saturated rings. The van der Waals surface area contributed by atoms with E-state index in [4.69, 9.17) is 26.6 Å². The third-order valence-electron chi connectivity index (χ3n) is 9.21. The molecule has 6 aromatic rings. The highest BCUT2D eigenvalue weighted by atomic mass is 79.9. The summed E-state index contributed by atoms with van der Waals surface area (Å²) in [7, 11) is -0.520. The lowest BCUT2D eigenvalue weighted by Crippen LogP contribution is -2.41. The number of benzene rings is 6. The number of hydrogen-bond donors (Lipinski definition) is 3. The highest BCUT2D eigenvalue weighted by Gasteiger charge is 2.51. The molecule has 0 atom stereocenters. The highest BCUT2D eigenvalue weighted by molar-refractivity contribution is 9.10. The van der Waals surface area contributed by atoms with E-state index < -0.39 is 87.0 Å². The Kier molecular flexibility index (Phi) is 19.4. The van der Waals surface area contributed by atoms with E-state index in [0.717, 1.165) is 62.6 Å². The molecule has 1 aliphatic rings. The van der Waals surface area contributed by atoms with Crippen molar-refractivity contribution in [3.8, 4) is 0 Å². The normalized spacial score (nSPS) is 13.0. The van der Waals surface area contributed by atoms with E-state index in [0.29, 0.717) is 11.4 Å². The van der Waals surface area contributed by atoms with Crippen LogP contribution in [-0.4, -0.2) is 35.4 Å². The van der Waals surface area contributed by atoms with Crippen LogP contribution in [0, 0.1) is 34.9 Å². The van der Waals surface area contributed by atoms with Crippen molar-refractivity contribution in [3.63, 3.8) is 0 Å². The van der Waals surface area contributed by atoms with Crippen molar-refractivity contribution in [2.75, 3.05) is 16.4 Å². The molecule has 0 spiro atoms. The van der Waals surface area contributed by atoms with E-state index in [2.05, 4.69) is 42.5 Å². The fourth-order valence-corrected chi connectivity index (χ4v) is 5.91. The molecule has 0 bridgehead atoms. The minimum Gasteiger partial charge on any atom is -0.399 e. The first-order chi connectivity index (χ1) is 29.6. The molecule has 4 N–H and O–H groups in total. The highest BCUT2D eigenvalue weighted by Crippen LogP contribution is 2.36. The summed E-state index contributed by atoms with van der Waals surface area (Å²) in [5.41, 5.74) is 5.08. The van der Waals surface area contributed by atoms with Crippen LogP contribution in [0.3, 0.4) is 0 Å². The Morgan fingerprint density at radius 1 is 0.531 bits per heavy atom. The molecule has 1 heterocycles. The topological polar surface area (TPSA) is 120 Å². The van der Waals surface area contributed by atoms with Gasteiger partial charge >= 0.3 is 7.12 Å². The summed E-state index contributed by atoms with van der Waals surface area (Å²) in [5, 5.41) is 3.79. The molecule has 0 aliphatic carbocycles. The quantitative estimate of drug-likeness (QED) is 0.0662. The predicted octanol–water partition coefficient (Wildman–Crippen LogP) is 12.5. The second kappa shape index (κ2) is 23.5. The molecule has 7 rings (SSSR count). The van der Waals surface area contributed by atoms with Crippen molar-refractivity contribution in [1.29, 1.82) is 0 Å². The lowest BCUT2D eigenvalue weighted by molar-refractivity contribution is 0.00578. The number of nitrogen functional groups attached to an aromatic ring is 1. The minimum absolute atomic E-state index is 0. The summed E-state index contributed by atoms with van der Waals surface area (Å²) in [6.07, 6.45) is 0. The molecular weight excluding hydrogens is 995 g/mol. The van der Waals surface area contributed by atoms with Gasteiger partial charge in [0.2, 0.25) is 0 Å². The number of carbonyl (C=O) groups is 3. The molecule has 336 valence electrons. The number of amides is 2. The molecule has 6 aromatic carbocycles. The fraction of sp³-hybridized carbons (Fsp3) is 0.152. The van der Waals surface area contributed by atoms with Crippen LogP contribution in [0.5, 0.6) is 0 Å². The van der Waals surface area contributed by atoms with E-state index >= 15 is 0 Å². The average Bonchev–Trinajstić information content (AvgIpc) is 3.43. The van der Waals surface area contributed by atoms with Crippen molar-refractivity contribution in [2.45, 2.75) is 46.3 Å². The number of nitrogens with one attached hydrogen (secondary N) is 2. The molecule has 0 unspecified atom stereocenters. The van der Waals surface area contributed by atoms with Crippen LogP contribution in [0.1, 0.15) is 66.2 Å². The molecule has 0 radical (unpaired) electrons. The first-order valence-corrected chi connectivity index (χ1v) is 20.4. The maximum atomic E-state index is 13.7. The summed E-state index contributed by atoms with van der Waals surface area (Å²) in [6, 6.07) is 30.7. The van der Waals surface area contributed by atoms with Crippen LogP contribution in [0.25, 0.3) is 0 Å². The van der Waals surface area contributed by atoms with Crippen LogP contribution in [0.4, 0.5) is 43.4 Å². The zero-order valence-electron chi connectivity index (χ0n) is 33.7. The van der Waals surface area contributed by atoms with Gasteiger partial charge in [-0.3, -0.25) is 14.4 Å². The van der Waals surface area contributed by atoms with Crippen LogP contribution in [-0.2, 0) is 9.31 Å². The minimum atomic E-state index is -1.12. The van der Waals surface area contributed by atoms with Crippen molar-refractivity contribution in [1.82, 2.24) is 0 Å². The zero-order chi connectivity index (χ0) is 46.6. The van der Waals surface area contributed by atoms with Gasteiger partial charge in [-0.25, -0.2) is 26.3 Å². The van der Waals surface area contributed by atoms with Crippen LogP contribution in [0.2, 0.25) is 0 Å². The molecule has 1 aliphatic heterocycles. The van der Waals surface area contributed by atoms with Gasteiger partial charge in [0.15, 0.2) is 0 Å². The third-order valence-corrected chi connectivity index (χ3v) is 10.5. The predicted molar refractivity (Wildman–Crippen MR) is 247 cm³/mol. The Bertz CT molecular complexity index is 2460. The largest absolute Gasteiger partial charge is 0.494 e. The second-order valence-corrected chi connectivity index (χ2v) is 16.4. The monoisotopic (exact) mass is 1030 g/mol. The Morgan fingerprint density at radius 2 is 0.828 bits per heavy atom. The molecule has 0 aromatic heterocycles. The number of halogens is 9. The summed E-state index contributed by atoms with van der Waals surface area (Å²) in [4.78, 5) is 34.2. The average molecular weight is 1040 g/mol. The lowest BCUT2D eigenvalue weighted by Gasteiger charge is -2.32. The fourth-order valence-electron chi connectivity index (χ4n) is 5.20. The van der Waals surface area contributed by atoms with Gasteiger partial charge in [-0.1, -0.05) is 69.6 Å². The van der Waals surface area contributed by atoms with Crippen LogP contribution < -0.4 is 21.8 Å². The molecular formula is C46H41BBr2ClF6N3O5. The second-order valence-electron chi connectivity index (χ2n) is 14.2. The maximum Gasteiger partial charge on any atom is 0.494 e. The smallest absolute Gasteiger partial charge is 0.399 e. The molecule has 8 nitrogen and oxygen atoms in total. The number of nitrogens with two attached hydrogens (primary N) is 1. The molecule has 0 saturated carbocycles. The summed E-state index contributed by atoms with van der Waals surface area (Å²) in [5.74, 6) is -7.12. The summed E-state index contributed by atoms with van der Waals surface area (Å²) in [6.45, 7) is 7.85. The van der Waals surface area contributed by atoms with E-state index in [1.807, 2.05) is 52.0 Å². The standard InChI is InChI=1S/C19H20BF2NO3.C13H8BrF2NO.C7H3ClF2O.C6H6BrN.CH4/c1-18(2)19(3,4)26-20(25-18)12-8-10-13(11-9-12)23-17(24)16-14(21)6-5-7-15(16)22;14-8-4-6-9(7-5-8)17-13(18)12-10(15)2-1-3-11(12)16;8-7(11)6-4(9)2-1-3-5(6)10;7-5-1-3-6(8)4-2-5;/h5-11H,1-4H3,(H,23,24);1-7H,(H,17,18);1-3H;1-4H,8H2;1H4. The van der Waals surface area contributed by atoms with Gasteiger partial charge in [0, 0.05) is 26.0 Å². The number of rotatable bonds is 6. The maximum absolute atomic E-state index is 13.7. The summed E-state index contributed by atoms with van der Waals surface area (Å²) < 4.78 is 93.0. The van der Waals surface area contributed by atoms with Gasteiger partial charge in [-0.2, -0.15) is 0 Å². The van der Waals surface area contributed by atoms with Crippen molar-refractivity contribution >= 4 is 90.2 Å². The van der Waals surface area contributed by atoms with Crippen LogP contribution in [0.15, 0.2) is 136 Å². The van der Waals surface area contributed by atoms with Gasteiger partial charge < -0.3 is 25.7 Å². The number of anilines is 3. The molecule has 2 amide bonds. The Hall–Kier alpha value is -5.46. The molecule has 64 heavy (non-hydrogen) atoms. The third kappa shape index (κ3) is 14.5. The Morgan fingerprint density at radius 3 is 1.12 bits per heavy atom. The van der Waals surface area contributed by atoms with Gasteiger partial charge in [0.25, 0.3) is 17.1 Å².